The number of rotatable bonds is 11. The lowest BCUT2D eigenvalue weighted by Gasteiger charge is -2.16. The Hall–Kier alpha value is -3.95. The van der Waals surface area contributed by atoms with Crippen LogP contribution >= 0.6 is 0 Å². The van der Waals surface area contributed by atoms with E-state index < -0.39 is 17.9 Å². The standard InChI is InChI=1S/C24H29N5O5/c1-4-9-34-20-8-7-14(22(30)28-19(24(32)33)11-15-12-25-13-26-15)10-17(20)21-27-18(6-3)16(5-2)23(31)29-21/h7-8,10,12-13,19H,4-6,9,11H2,1-3H3,(H,25,26)(H,28,30)(H,32,33)(H,27,29,31). The first-order chi connectivity index (χ1) is 16.4. The largest absolute Gasteiger partial charge is 0.493 e. The monoisotopic (exact) mass is 467 g/mol. The van der Waals surface area contributed by atoms with E-state index in [4.69, 9.17) is 4.74 Å². The van der Waals surface area contributed by atoms with E-state index in [1.807, 2.05) is 20.8 Å². The molecule has 3 rings (SSSR count). The maximum absolute atomic E-state index is 13.0. The molecule has 0 aliphatic rings. The lowest BCUT2D eigenvalue weighted by molar-refractivity contribution is -0.139. The van der Waals surface area contributed by atoms with Crippen molar-refractivity contribution in [2.45, 2.75) is 52.5 Å². The average molecular weight is 468 g/mol. The average Bonchev–Trinajstić information content (AvgIpc) is 3.34. The summed E-state index contributed by atoms with van der Waals surface area (Å²) in [5.74, 6) is -0.967. The molecule has 4 N–H and O–H groups in total. The van der Waals surface area contributed by atoms with Crippen molar-refractivity contribution in [2.24, 2.45) is 0 Å². The second-order valence-corrected chi connectivity index (χ2v) is 7.75. The number of ether oxygens (including phenoxy) is 1. The number of amides is 1. The predicted molar refractivity (Wildman–Crippen MR) is 126 cm³/mol. The van der Waals surface area contributed by atoms with Crippen LogP contribution in [0.2, 0.25) is 0 Å². The fraction of sp³-hybridized carbons (Fsp3) is 0.375. The number of imidazole rings is 1. The summed E-state index contributed by atoms with van der Waals surface area (Å²) in [6.45, 7) is 6.24. The van der Waals surface area contributed by atoms with E-state index in [1.54, 1.807) is 18.2 Å². The lowest BCUT2D eigenvalue weighted by Crippen LogP contribution is -2.42. The number of aromatic nitrogens is 4. The first-order valence-corrected chi connectivity index (χ1v) is 11.3. The van der Waals surface area contributed by atoms with Gasteiger partial charge < -0.3 is 25.1 Å². The molecule has 0 aliphatic heterocycles. The topological polar surface area (TPSA) is 150 Å². The molecule has 10 nitrogen and oxygen atoms in total. The molecule has 1 unspecified atom stereocenters. The summed E-state index contributed by atoms with van der Waals surface area (Å²) in [4.78, 5) is 51.5. The second-order valence-electron chi connectivity index (χ2n) is 7.75. The van der Waals surface area contributed by atoms with Gasteiger partial charge in [-0.05, 0) is 37.5 Å². The Morgan fingerprint density at radius 3 is 2.62 bits per heavy atom. The van der Waals surface area contributed by atoms with Gasteiger partial charge in [0.05, 0.1) is 24.2 Å². The Kier molecular flexibility index (Phi) is 8.18. The van der Waals surface area contributed by atoms with E-state index in [2.05, 4.69) is 25.3 Å². The molecule has 2 aromatic heterocycles. The molecular formula is C24H29N5O5. The number of aromatic amines is 2. The molecule has 1 amide bonds. The zero-order valence-corrected chi connectivity index (χ0v) is 19.5. The van der Waals surface area contributed by atoms with Crippen molar-refractivity contribution >= 4 is 11.9 Å². The molecule has 1 aromatic carbocycles. The van der Waals surface area contributed by atoms with Crippen LogP contribution in [-0.2, 0) is 24.1 Å². The van der Waals surface area contributed by atoms with Gasteiger partial charge in [0.2, 0.25) is 0 Å². The van der Waals surface area contributed by atoms with Crippen LogP contribution in [0.15, 0.2) is 35.5 Å². The van der Waals surface area contributed by atoms with Crippen LogP contribution in [0.5, 0.6) is 5.75 Å². The third-order valence-electron chi connectivity index (χ3n) is 5.33. The van der Waals surface area contributed by atoms with Gasteiger partial charge in [0.25, 0.3) is 11.5 Å². The number of nitrogens with zero attached hydrogens (tertiary/aromatic N) is 2. The van der Waals surface area contributed by atoms with Crippen molar-refractivity contribution in [2.75, 3.05) is 6.61 Å². The van der Waals surface area contributed by atoms with Crippen molar-refractivity contribution in [1.82, 2.24) is 25.3 Å². The summed E-state index contributed by atoms with van der Waals surface area (Å²) in [5.41, 5.74) is 2.33. The van der Waals surface area contributed by atoms with Crippen LogP contribution in [0.1, 0.15) is 54.5 Å². The highest BCUT2D eigenvalue weighted by molar-refractivity contribution is 5.98. The van der Waals surface area contributed by atoms with Crippen LogP contribution in [0.3, 0.4) is 0 Å². The number of carbonyl (C=O) groups excluding carboxylic acids is 1. The Balaban J connectivity index is 1.98. The molecule has 3 aromatic rings. The number of hydrogen-bond donors (Lipinski definition) is 4. The number of H-pyrrole nitrogens is 2. The van der Waals surface area contributed by atoms with Gasteiger partial charge in [0.15, 0.2) is 0 Å². The Bertz CT molecular complexity index is 1200. The molecule has 0 saturated carbocycles. The molecule has 0 bridgehead atoms. The number of hydrogen-bond acceptors (Lipinski definition) is 6. The molecule has 0 fully saturated rings. The maximum Gasteiger partial charge on any atom is 0.326 e. The number of carboxylic acid groups (broad SMARTS) is 1. The minimum atomic E-state index is -1.17. The number of nitrogens with one attached hydrogen (secondary N) is 3. The SMILES string of the molecule is CCCOc1ccc(C(=O)NC(Cc2cnc[nH]2)C(=O)O)cc1-c1nc(CC)c(CC)c(=O)[nH]1. The van der Waals surface area contributed by atoms with Gasteiger partial charge in [-0.3, -0.25) is 9.59 Å². The summed E-state index contributed by atoms with van der Waals surface area (Å²) in [7, 11) is 0. The fourth-order valence-electron chi connectivity index (χ4n) is 3.58. The molecule has 10 heteroatoms. The first-order valence-electron chi connectivity index (χ1n) is 11.3. The molecule has 180 valence electrons. The van der Waals surface area contributed by atoms with Crippen LogP contribution in [0.4, 0.5) is 0 Å². The highest BCUT2D eigenvalue weighted by Gasteiger charge is 2.23. The lowest BCUT2D eigenvalue weighted by atomic mass is 10.1. The third kappa shape index (κ3) is 5.69. The van der Waals surface area contributed by atoms with Crippen molar-refractivity contribution in [3.8, 4) is 17.1 Å². The molecule has 2 heterocycles. The second kappa shape index (κ2) is 11.3. The van der Waals surface area contributed by atoms with Gasteiger partial charge in [-0.2, -0.15) is 0 Å². The van der Waals surface area contributed by atoms with E-state index >= 15 is 0 Å². The van der Waals surface area contributed by atoms with Crippen LogP contribution in [-0.4, -0.2) is 49.6 Å². The summed E-state index contributed by atoms with van der Waals surface area (Å²) >= 11 is 0. The summed E-state index contributed by atoms with van der Waals surface area (Å²) in [6.07, 6.45) is 4.92. The van der Waals surface area contributed by atoms with Crippen molar-refractivity contribution in [3.63, 3.8) is 0 Å². The van der Waals surface area contributed by atoms with Crippen molar-refractivity contribution < 1.29 is 19.4 Å². The fourth-order valence-corrected chi connectivity index (χ4v) is 3.58. The molecule has 1 atom stereocenters. The summed E-state index contributed by atoms with van der Waals surface area (Å²) < 4.78 is 5.84. The zero-order chi connectivity index (χ0) is 24.7. The van der Waals surface area contributed by atoms with Gasteiger partial charge in [0.1, 0.15) is 17.6 Å². The van der Waals surface area contributed by atoms with E-state index in [0.717, 1.165) is 6.42 Å². The quantitative estimate of drug-likeness (QED) is 0.338. The highest BCUT2D eigenvalue weighted by Crippen LogP contribution is 2.29. The molecule has 0 saturated heterocycles. The van der Waals surface area contributed by atoms with Crippen LogP contribution in [0, 0.1) is 0 Å². The first kappa shape index (κ1) is 24.7. The normalized spacial score (nSPS) is 11.7. The van der Waals surface area contributed by atoms with Gasteiger partial charge in [-0.25, -0.2) is 14.8 Å². The number of aryl methyl sites for hydroxylation is 1. The highest BCUT2D eigenvalue weighted by atomic mass is 16.5. The number of carboxylic acids is 1. The van der Waals surface area contributed by atoms with Crippen LogP contribution < -0.4 is 15.6 Å². The van der Waals surface area contributed by atoms with Gasteiger partial charge in [-0.1, -0.05) is 20.8 Å². The Morgan fingerprint density at radius 2 is 2.00 bits per heavy atom. The number of benzene rings is 1. The van der Waals surface area contributed by atoms with E-state index in [0.29, 0.717) is 53.5 Å². The van der Waals surface area contributed by atoms with E-state index in [9.17, 15) is 19.5 Å². The van der Waals surface area contributed by atoms with Gasteiger partial charge >= 0.3 is 5.97 Å². The molecule has 0 aliphatic carbocycles. The van der Waals surface area contributed by atoms with Gasteiger partial charge in [0, 0.05) is 29.4 Å². The number of aliphatic carboxylic acids is 1. The number of carbonyl (C=O) groups is 2. The van der Waals surface area contributed by atoms with E-state index in [-0.39, 0.29) is 17.5 Å². The van der Waals surface area contributed by atoms with Crippen molar-refractivity contribution in [3.05, 3.63) is 63.6 Å². The summed E-state index contributed by atoms with van der Waals surface area (Å²) in [5, 5.41) is 12.1. The smallest absolute Gasteiger partial charge is 0.326 e. The van der Waals surface area contributed by atoms with Crippen molar-refractivity contribution in [1.29, 1.82) is 0 Å². The molecule has 0 radical (unpaired) electrons. The Morgan fingerprint density at radius 1 is 1.21 bits per heavy atom. The minimum absolute atomic E-state index is 0.0544. The predicted octanol–water partition coefficient (Wildman–Crippen LogP) is 2.50. The zero-order valence-electron chi connectivity index (χ0n) is 19.5. The Labute approximate surface area is 196 Å². The molecule has 0 spiro atoms. The van der Waals surface area contributed by atoms with E-state index in [1.165, 1.54) is 12.5 Å². The van der Waals surface area contributed by atoms with Crippen LogP contribution in [0.25, 0.3) is 11.4 Å². The third-order valence-corrected chi connectivity index (χ3v) is 5.33. The molecular weight excluding hydrogens is 438 g/mol. The van der Waals surface area contributed by atoms with Gasteiger partial charge in [-0.15, -0.1) is 0 Å². The maximum atomic E-state index is 13.0. The molecule has 34 heavy (non-hydrogen) atoms. The minimum Gasteiger partial charge on any atom is -0.493 e. The summed E-state index contributed by atoms with van der Waals surface area (Å²) in [6, 6.07) is 3.59.